The highest BCUT2D eigenvalue weighted by Gasteiger charge is 2.33. The first-order valence-corrected chi connectivity index (χ1v) is 12.6. The Morgan fingerprint density at radius 1 is 1.20 bits per heavy atom. The summed E-state index contributed by atoms with van der Waals surface area (Å²) in [7, 11) is 1.56. The maximum absolute atomic E-state index is 13.0. The fourth-order valence-corrected chi connectivity index (χ4v) is 5.30. The molecule has 2 aliphatic rings. The van der Waals surface area contributed by atoms with Crippen LogP contribution in [0.2, 0.25) is 0 Å². The molecular weight excluding hydrogens is 466 g/mol. The van der Waals surface area contributed by atoms with Crippen LogP contribution < -0.4 is 20.7 Å². The molecule has 0 bridgehead atoms. The van der Waals surface area contributed by atoms with Crippen LogP contribution in [0.3, 0.4) is 0 Å². The molecular formula is C25H27N5O4S. The van der Waals surface area contributed by atoms with Crippen molar-refractivity contribution < 1.29 is 19.4 Å². The Kier molecular flexibility index (Phi) is 6.85. The summed E-state index contributed by atoms with van der Waals surface area (Å²) >= 11 is 1.47. The van der Waals surface area contributed by atoms with Crippen LogP contribution in [-0.2, 0) is 16.1 Å². The van der Waals surface area contributed by atoms with Crippen LogP contribution in [0.4, 0.5) is 11.5 Å². The number of carbonyl (C=O) groups excluding carboxylic acids is 2. The van der Waals surface area contributed by atoms with Gasteiger partial charge in [-0.15, -0.1) is 11.8 Å². The molecule has 0 saturated heterocycles. The number of pyridine rings is 2. The SMILES string of the molecule is COc1ccc2cccc(NC(=O)[C@@H]3CC[C@@H](NCc4ccc5c(n4)NC(=O)CS5)[C@H](O)C3)c2n1. The number of fused-ring (bicyclic) bond motifs is 2. The smallest absolute Gasteiger partial charge is 0.235 e. The van der Waals surface area contributed by atoms with Gasteiger partial charge in [-0.25, -0.2) is 9.97 Å². The van der Waals surface area contributed by atoms with Crippen molar-refractivity contribution in [1.82, 2.24) is 15.3 Å². The quantitative estimate of drug-likeness (QED) is 0.413. The van der Waals surface area contributed by atoms with Gasteiger partial charge in [-0.05, 0) is 43.5 Å². The molecule has 5 rings (SSSR count). The minimum Gasteiger partial charge on any atom is -0.481 e. The van der Waals surface area contributed by atoms with E-state index in [4.69, 9.17) is 4.74 Å². The standard InChI is InChI=1S/C25H27N5O4S/c1-34-22-10-6-14-3-2-4-18(23(14)30-22)28-25(33)15-5-8-17(19(31)11-15)26-12-16-7-9-20-24(27-16)29-21(32)13-35-20/h2-4,6-7,9-10,15,17,19,26,31H,5,8,11-13H2,1H3,(H,28,33)(H,27,29,32)/t15-,17-,19-/m1/s1. The number of hydrogen-bond acceptors (Lipinski definition) is 8. The van der Waals surface area contributed by atoms with Crippen molar-refractivity contribution in [1.29, 1.82) is 0 Å². The molecule has 182 valence electrons. The third-order valence-electron chi connectivity index (χ3n) is 6.43. The molecule has 1 aliphatic heterocycles. The Morgan fingerprint density at radius 2 is 2.09 bits per heavy atom. The first-order valence-electron chi connectivity index (χ1n) is 11.6. The van der Waals surface area contributed by atoms with Crippen LogP contribution in [0.1, 0.15) is 25.0 Å². The van der Waals surface area contributed by atoms with Gasteiger partial charge in [0.25, 0.3) is 0 Å². The third-order valence-corrected chi connectivity index (χ3v) is 7.47. The zero-order valence-electron chi connectivity index (χ0n) is 19.3. The van der Waals surface area contributed by atoms with E-state index >= 15 is 0 Å². The lowest BCUT2D eigenvalue weighted by molar-refractivity contribution is -0.122. The number of thioether (sulfide) groups is 1. The minimum atomic E-state index is -0.655. The fourth-order valence-electron chi connectivity index (χ4n) is 4.54. The molecule has 1 aliphatic carbocycles. The van der Waals surface area contributed by atoms with Gasteiger partial charge in [-0.2, -0.15) is 0 Å². The minimum absolute atomic E-state index is 0.0504. The van der Waals surface area contributed by atoms with Crippen molar-refractivity contribution in [2.75, 3.05) is 23.5 Å². The fraction of sp³-hybridized carbons (Fsp3) is 0.360. The van der Waals surface area contributed by atoms with Gasteiger partial charge in [0.15, 0.2) is 0 Å². The number of nitrogens with one attached hydrogen (secondary N) is 3. The second kappa shape index (κ2) is 10.2. The second-order valence-corrected chi connectivity index (χ2v) is 9.79. The number of anilines is 2. The Hall–Kier alpha value is -3.21. The van der Waals surface area contributed by atoms with Crippen LogP contribution in [0.15, 0.2) is 47.4 Å². The molecule has 2 amide bonds. The molecule has 2 aromatic heterocycles. The summed E-state index contributed by atoms with van der Waals surface area (Å²) in [6.45, 7) is 0.468. The lowest BCUT2D eigenvalue weighted by atomic mass is 9.83. The van der Waals surface area contributed by atoms with E-state index in [0.717, 1.165) is 16.0 Å². The predicted molar refractivity (Wildman–Crippen MR) is 134 cm³/mol. The van der Waals surface area contributed by atoms with E-state index in [-0.39, 0.29) is 23.8 Å². The van der Waals surface area contributed by atoms with E-state index in [1.807, 2.05) is 36.4 Å². The number of carbonyl (C=O) groups is 2. The number of amides is 2. The van der Waals surface area contributed by atoms with Crippen molar-refractivity contribution in [3.63, 3.8) is 0 Å². The summed E-state index contributed by atoms with van der Waals surface area (Å²) in [6, 6.07) is 13.1. The summed E-state index contributed by atoms with van der Waals surface area (Å²) < 4.78 is 5.22. The van der Waals surface area contributed by atoms with Gasteiger partial charge in [0.1, 0.15) is 5.82 Å². The molecule has 0 radical (unpaired) electrons. The zero-order valence-corrected chi connectivity index (χ0v) is 20.1. The van der Waals surface area contributed by atoms with Crippen LogP contribution in [0.25, 0.3) is 10.9 Å². The third kappa shape index (κ3) is 5.24. The van der Waals surface area contributed by atoms with Crippen molar-refractivity contribution in [3.8, 4) is 5.88 Å². The molecule has 35 heavy (non-hydrogen) atoms. The Bertz CT molecular complexity index is 1270. The molecule has 3 aromatic rings. The number of para-hydroxylation sites is 1. The van der Waals surface area contributed by atoms with E-state index in [9.17, 15) is 14.7 Å². The van der Waals surface area contributed by atoms with E-state index < -0.39 is 6.10 Å². The number of nitrogens with zero attached hydrogens (tertiary/aromatic N) is 2. The summed E-state index contributed by atoms with van der Waals surface area (Å²) in [5.74, 6) is 1.01. The Balaban J connectivity index is 1.18. The zero-order chi connectivity index (χ0) is 24.4. The van der Waals surface area contributed by atoms with Crippen molar-refractivity contribution >= 4 is 46.0 Å². The Labute approximate surface area is 207 Å². The molecule has 4 N–H and O–H groups in total. The highest BCUT2D eigenvalue weighted by atomic mass is 32.2. The van der Waals surface area contributed by atoms with Crippen LogP contribution in [0, 0.1) is 5.92 Å². The normalized spacial score (nSPS) is 21.8. The number of aromatic nitrogens is 2. The number of methoxy groups -OCH3 is 1. The summed E-state index contributed by atoms with van der Waals surface area (Å²) in [6.07, 6.45) is 1.04. The molecule has 0 unspecified atom stereocenters. The van der Waals surface area contributed by atoms with Crippen LogP contribution in [-0.4, -0.2) is 51.9 Å². The highest BCUT2D eigenvalue weighted by Crippen LogP contribution is 2.31. The van der Waals surface area contributed by atoms with Crippen LogP contribution in [0.5, 0.6) is 5.88 Å². The van der Waals surface area contributed by atoms with Crippen molar-refractivity contribution in [2.45, 2.75) is 42.8 Å². The summed E-state index contributed by atoms with van der Waals surface area (Å²) in [4.78, 5) is 34.6. The molecule has 0 spiro atoms. The van der Waals surface area contributed by atoms with Gasteiger partial charge >= 0.3 is 0 Å². The second-order valence-electron chi connectivity index (χ2n) is 8.77. The number of aliphatic hydroxyl groups is 1. The van der Waals surface area contributed by atoms with Crippen molar-refractivity contribution in [3.05, 3.63) is 48.2 Å². The first kappa shape index (κ1) is 23.5. The lowest BCUT2D eigenvalue weighted by Gasteiger charge is -2.33. The van der Waals surface area contributed by atoms with Gasteiger partial charge in [0.2, 0.25) is 17.7 Å². The molecule has 1 saturated carbocycles. The number of aliphatic hydroxyl groups excluding tert-OH is 1. The summed E-state index contributed by atoms with van der Waals surface area (Å²) in [5.41, 5.74) is 2.09. The highest BCUT2D eigenvalue weighted by molar-refractivity contribution is 8.00. The number of rotatable bonds is 6. The Morgan fingerprint density at radius 3 is 2.91 bits per heavy atom. The molecule has 1 aromatic carbocycles. The van der Waals surface area contributed by atoms with E-state index in [0.29, 0.717) is 54.5 Å². The molecule has 10 heteroatoms. The van der Waals surface area contributed by atoms with Gasteiger partial charge < -0.3 is 25.8 Å². The van der Waals surface area contributed by atoms with E-state index in [1.165, 1.54) is 11.8 Å². The molecule has 9 nitrogen and oxygen atoms in total. The van der Waals surface area contributed by atoms with Crippen LogP contribution >= 0.6 is 11.8 Å². The molecule has 3 heterocycles. The number of benzene rings is 1. The average molecular weight is 494 g/mol. The van der Waals surface area contributed by atoms with Gasteiger partial charge in [0.05, 0.1) is 40.8 Å². The van der Waals surface area contributed by atoms with Gasteiger partial charge in [0, 0.05) is 30.0 Å². The topological polar surface area (TPSA) is 125 Å². The molecule has 3 atom stereocenters. The molecule has 1 fully saturated rings. The number of hydrogen-bond donors (Lipinski definition) is 4. The van der Waals surface area contributed by atoms with Gasteiger partial charge in [-0.3, -0.25) is 9.59 Å². The monoisotopic (exact) mass is 493 g/mol. The average Bonchev–Trinajstić information content (AvgIpc) is 2.87. The summed E-state index contributed by atoms with van der Waals surface area (Å²) in [5, 5.41) is 20.8. The largest absolute Gasteiger partial charge is 0.481 e. The first-order chi connectivity index (χ1) is 17.0. The van der Waals surface area contributed by atoms with Crippen molar-refractivity contribution in [2.24, 2.45) is 5.92 Å². The maximum Gasteiger partial charge on any atom is 0.235 e. The maximum atomic E-state index is 13.0. The van der Waals surface area contributed by atoms with E-state index in [1.54, 1.807) is 13.2 Å². The van der Waals surface area contributed by atoms with Gasteiger partial charge in [-0.1, -0.05) is 12.1 Å². The lowest BCUT2D eigenvalue weighted by Crippen LogP contribution is -2.46. The van der Waals surface area contributed by atoms with E-state index in [2.05, 4.69) is 25.9 Å². The number of ether oxygens (including phenoxy) is 1. The predicted octanol–water partition coefficient (Wildman–Crippen LogP) is 2.94.